The van der Waals surface area contributed by atoms with Crippen molar-refractivity contribution in [3.05, 3.63) is 11.6 Å². The smallest absolute Gasteiger partial charge is 0.315 e. The molecule has 20 heteroatoms. The molecule has 4 saturated carbocycles. The molecule has 9 rings (SSSR count). The van der Waals surface area contributed by atoms with Gasteiger partial charge in [-0.25, -0.2) is 0 Å². The number of aldehydes is 1. The zero-order valence-corrected chi connectivity index (χ0v) is 42.0. The minimum atomic E-state index is -1.86. The molecule has 4 heterocycles. The second-order valence-electron chi connectivity index (χ2n) is 24.6. The summed E-state index contributed by atoms with van der Waals surface area (Å²) in [6.45, 7) is 13.7. The van der Waals surface area contributed by atoms with Crippen molar-refractivity contribution in [2.24, 2.45) is 50.2 Å². The van der Waals surface area contributed by atoms with E-state index in [1.54, 1.807) is 0 Å². The van der Waals surface area contributed by atoms with Gasteiger partial charge in [0.15, 0.2) is 18.9 Å². The first-order chi connectivity index (χ1) is 33.3. The first-order valence-electron chi connectivity index (χ1n) is 25.9. The Labute approximate surface area is 414 Å². The maximum absolute atomic E-state index is 15.0. The van der Waals surface area contributed by atoms with Crippen LogP contribution in [-0.2, 0) is 47.5 Å². The Morgan fingerprint density at radius 3 is 1.97 bits per heavy atom. The molecular weight excluding hydrogens is 933 g/mol. The molecule has 4 saturated heterocycles. The molecule has 0 spiro atoms. The highest BCUT2D eigenvalue weighted by molar-refractivity contribution is 5.79. The number of aliphatic hydroxyl groups excluding tert-OH is 10. The van der Waals surface area contributed by atoms with Crippen LogP contribution in [0.3, 0.4) is 0 Å². The van der Waals surface area contributed by atoms with Gasteiger partial charge in [0.1, 0.15) is 79.5 Å². The van der Waals surface area contributed by atoms with Gasteiger partial charge in [-0.15, -0.1) is 0 Å². The van der Waals surface area contributed by atoms with Gasteiger partial charge in [-0.3, -0.25) is 4.79 Å². The van der Waals surface area contributed by atoms with E-state index in [0.717, 1.165) is 51.2 Å². The topological polar surface area (TPSA) is 310 Å². The van der Waals surface area contributed by atoms with E-state index in [1.807, 2.05) is 6.92 Å². The molecule has 9 aliphatic rings. The summed E-state index contributed by atoms with van der Waals surface area (Å²) in [5.41, 5.74) is -1.12. The largest absolute Gasteiger partial charge is 0.432 e. The van der Waals surface area contributed by atoms with Crippen molar-refractivity contribution in [2.75, 3.05) is 19.8 Å². The Balaban J connectivity index is 0.877. The van der Waals surface area contributed by atoms with Gasteiger partial charge in [0, 0.05) is 0 Å². The summed E-state index contributed by atoms with van der Waals surface area (Å²) in [6, 6.07) is 0. The fourth-order valence-electron chi connectivity index (χ4n) is 15.4. The minimum absolute atomic E-state index is 0.0536. The molecule has 0 aromatic carbocycles. The van der Waals surface area contributed by atoms with Crippen LogP contribution in [0.2, 0.25) is 0 Å². The number of fused-ring (bicyclic) bond motifs is 7. The Morgan fingerprint density at radius 1 is 0.634 bits per heavy atom. The molecule has 71 heavy (non-hydrogen) atoms. The first-order valence-corrected chi connectivity index (χ1v) is 25.9. The summed E-state index contributed by atoms with van der Waals surface area (Å²) in [4.78, 5) is 27.7. The van der Waals surface area contributed by atoms with Gasteiger partial charge in [0.05, 0.1) is 42.9 Å². The molecule has 0 aromatic rings. The summed E-state index contributed by atoms with van der Waals surface area (Å²) >= 11 is 0. The van der Waals surface area contributed by atoms with Crippen molar-refractivity contribution in [1.82, 2.24) is 0 Å². The molecule has 5 aliphatic carbocycles. The zero-order valence-electron chi connectivity index (χ0n) is 42.0. The summed E-state index contributed by atoms with van der Waals surface area (Å²) in [5.74, 6) is -0.352. The monoisotopic (exact) mass is 1010 g/mol. The van der Waals surface area contributed by atoms with Gasteiger partial charge in [0.25, 0.3) is 0 Å². The molecule has 8 fully saturated rings. The maximum atomic E-state index is 15.0. The number of aliphatic hydroxyl groups is 10. The highest BCUT2D eigenvalue weighted by atomic mass is 16.8. The Kier molecular flexibility index (Phi) is 14.7. The summed E-state index contributed by atoms with van der Waals surface area (Å²) in [7, 11) is 0. The normalized spacial score (nSPS) is 55.1. The molecule has 26 atom stereocenters. The van der Waals surface area contributed by atoms with E-state index >= 15 is 4.79 Å². The number of hydrogen-bond donors (Lipinski definition) is 10. The third kappa shape index (κ3) is 8.71. The number of hydrogen-bond acceptors (Lipinski definition) is 20. The minimum Gasteiger partial charge on any atom is -0.432 e. The molecular formula is C51H80O20. The van der Waals surface area contributed by atoms with Crippen LogP contribution in [0.15, 0.2) is 11.6 Å². The van der Waals surface area contributed by atoms with Crippen molar-refractivity contribution < 1.29 is 98.5 Å². The molecule has 0 aromatic heterocycles. The second-order valence-corrected chi connectivity index (χ2v) is 24.6. The maximum Gasteiger partial charge on any atom is 0.315 e. The van der Waals surface area contributed by atoms with Crippen LogP contribution in [0, 0.1) is 50.2 Å². The van der Waals surface area contributed by atoms with Crippen molar-refractivity contribution >= 4 is 12.3 Å². The highest BCUT2D eigenvalue weighted by Gasteiger charge is 2.70. The number of carbonyl (C=O) groups excluding carboxylic acids is 2. The molecule has 2 unspecified atom stereocenters. The summed E-state index contributed by atoms with van der Waals surface area (Å²) in [6.07, 6.45) is -16.8. The number of carbonyl (C=O) groups is 2. The Hall–Kier alpha value is -1.80. The van der Waals surface area contributed by atoms with Crippen molar-refractivity contribution in [3.63, 3.8) is 0 Å². The van der Waals surface area contributed by atoms with Crippen LogP contribution in [0.5, 0.6) is 0 Å². The van der Waals surface area contributed by atoms with E-state index in [-0.39, 0.29) is 39.4 Å². The van der Waals surface area contributed by atoms with E-state index in [9.17, 15) is 55.9 Å². The number of allylic oxidation sites excluding steroid dienone is 2. The third-order valence-electron chi connectivity index (χ3n) is 20.2. The molecule has 4 aliphatic heterocycles. The third-order valence-corrected chi connectivity index (χ3v) is 20.2. The Morgan fingerprint density at radius 2 is 1.27 bits per heavy atom. The number of ether oxygens (including phenoxy) is 8. The van der Waals surface area contributed by atoms with E-state index in [4.69, 9.17) is 37.9 Å². The highest BCUT2D eigenvalue weighted by Crippen LogP contribution is 2.76. The standard InChI is InChI=1S/C51H80O20/c1-23-32(56)35(59)40(70-41-36(60)33(57)26(53)19-64-41)44(67-23)68-28-21-66-42(37(61)34(28)58)69-39-27(54)20-65-43(38(39)62)71-45(63)51-16-14-46(2,3)18-25(51)24-8-9-30-47(4)12-11-31(55)48(5,22-52)29(47)10-13-50(30,7)49(24,6)15-17-51/h8,22-23,25-44,53-62H,9-21H2,1-7H3/t23-,25-,26+,27+,28+,29?,30?,31-,32+,33-,34-,35+,36+,37+,38+,39-,40+,41-,42-,43-,44-,47-,48-,49+,50+,51-/m0/s1. The van der Waals surface area contributed by atoms with E-state index in [0.29, 0.717) is 19.3 Å². The first kappa shape index (κ1) is 54.0. The number of esters is 1. The summed E-state index contributed by atoms with van der Waals surface area (Å²) in [5, 5.41) is 109. The van der Waals surface area contributed by atoms with Crippen molar-refractivity contribution in [3.8, 4) is 0 Å². The van der Waals surface area contributed by atoms with Gasteiger partial charge in [-0.05, 0) is 111 Å². The molecule has 20 nitrogen and oxygen atoms in total. The predicted molar refractivity (Wildman–Crippen MR) is 244 cm³/mol. The van der Waals surface area contributed by atoms with Gasteiger partial charge < -0.3 is 93.8 Å². The molecule has 404 valence electrons. The molecule has 10 N–H and O–H groups in total. The van der Waals surface area contributed by atoms with Gasteiger partial charge in [0.2, 0.25) is 6.29 Å². The van der Waals surface area contributed by atoms with Crippen LogP contribution in [0.1, 0.15) is 113 Å². The van der Waals surface area contributed by atoms with E-state index in [1.165, 1.54) is 12.5 Å². The van der Waals surface area contributed by atoms with Gasteiger partial charge in [-0.1, -0.05) is 53.2 Å². The zero-order chi connectivity index (χ0) is 51.5. The molecule has 0 amide bonds. The quantitative estimate of drug-likeness (QED) is 0.0831. The van der Waals surface area contributed by atoms with Crippen LogP contribution in [0.4, 0.5) is 0 Å². The van der Waals surface area contributed by atoms with Crippen LogP contribution in [-0.4, -0.2) is 194 Å². The lowest BCUT2D eigenvalue weighted by Gasteiger charge is -2.71. The van der Waals surface area contributed by atoms with E-state index < -0.39 is 147 Å². The average Bonchev–Trinajstić information content (AvgIpc) is 3.32. The van der Waals surface area contributed by atoms with Crippen molar-refractivity contribution in [1.29, 1.82) is 0 Å². The lowest BCUT2D eigenvalue weighted by Crippen LogP contribution is -2.66. The fourth-order valence-corrected chi connectivity index (χ4v) is 15.4. The van der Waals surface area contributed by atoms with Crippen LogP contribution in [0.25, 0.3) is 0 Å². The van der Waals surface area contributed by atoms with Crippen LogP contribution >= 0.6 is 0 Å². The predicted octanol–water partition coefficient (Wildman–Crippen LogP) is 0.0886. The Bertz CT molecular complexity index is 1990. The summed E-state index contributed by atoms with van der Waals surface area (Å²) < 4.78 is 46.5. The number of rotatable bonds is 9. The second kappa shape index (κ2) is 19.3. The average molecular weight is 1010 g/mol. The van der Waals surface area contributed by atoms with Gasteiger partial charge >= 0.3 is 5.97 Å². The SMILES string of the molecule is C[C@@H]1O[C@@H](O[C@@H]2CO[C@@H](O[C@@H]3[C@@H](O)[C@H](OC(=O)[C@]45CCC(C)(C)C[C@H]4C4=CCC6[C@@]7(C)CC[C@H](O)[C@@](C)(C=O)C7CC[C@@]6(C)[C@]4(C)CC5)OC[C@H]3O)[C@H](O)[C@H]2O)[C@H](O[C@@H]2OC[C@@H](O)[C@H](O)[C@H]2O)[C@H](O)[C@@H]1O. The molecule has 0 bridgehead atoms. The fraction of sp³-hybridized carbons (Fsp3) is 0.922. The lowest BCUT2D eigenvalue weighted by molar-refractivity contribution is -0.377. The van der Waals surface area contributed by atoms with Crippen LogP contribution < -0.4 is 0 Å². The van der Waals surface area contributed by atoms with Crippen molar-refractivity contribution in [2.45, 2.75) is 223 Å². The molecule has 0 radical (unpaired) electrons. The van der Waals surface area contributed by atoms with E-state index in [2.05, 4.69) is 40.7 Å². The van der Waals surface area contributed by atoms with Gasteiger partial charge in [-0.2, -0.15) is 0 Å². The lowest BCUT2D eigenvalue weighted by atomic mass is 9.33.